The summed E-state index contributed by atoms with van der Waals surface area (Å²) in [6, 6.07) is 0. The normalized spacial score (nSPS) is 32.8. The largest absolute Gasteiger partial charge is 0.443 e. The second-order valence-corrected chi connectivity index (χ2v) is 5.94. The summed E-state index contributed by atoms with van der Waals surface area (Å²) < 4.78 is 10.6. The number of fused-ring (bicyclic) bond motifs is 1. The molecule has 3 unspecified atom stereocenters. The quantitative estimate of drug-likeness (QED) is 0.768. The molecule has 2 rings (SSSR count). The second-order valence-electron chi connectivity index (χ2n) is 5.94. The summed E-state index contributed by atoms with van der Waals surface area (Å²) in [5, 5.41) is 12.0. The van der Waals surface area contributed by atoms with Gasteiger partial charge in [0.15, 0.2) is 0 Å². The van der Waals surface area contributed by atoms with E-state index in [0.29, 0.717) is 11.8 Å². The molecule has 98 valence electrons. The second kappa shape index (κ2) is 4.46. The highest BCUT2D eigenvalue weighted by Gasteiger charge is 2.58. The van der Waals surface area contributed by atoms with Gasteiger partial charge in [0.1, 0.15) is 6.10 Å². The highest BCUT2D eigenvalue weighted by Crippen LogP contribution is 2.53. The van der Waals surface area contributed by atoms with E-state index in [1.165, 1.54) is 0 Å². The number of alkyl carbamates (subject to hydrolysis) is 1. The molecule has 1 amide bonds. The summed E-state index contributed by atoms with van der Waals surface area (Å²) in [6.45, 7) is 7.02. The van der Waals surface area contributed by atoms with Crippen molar-refractivity contribution in [2.75, 3.05) is 19.8 Å². The van der Waals surface area contributed by atoms with Crippen molar-refractivity contribution in [2.24, 2.45) is 17.8 Å². The number of ether oxygens (including phenoxy) is 2. The molecule has 0 aromatic heterocycles. The third kappa shape index (κ3) is 2.90. The van der Waals surface area contributed by atoms with Crippen LogP contribution in [0.2, 0.25) is 0 Å². The maximum Gasteiger partial charge on any atom is 0.407 e. The summed E-state index contributed by atoms with van der Waals surface area (Å²) in [5.41, 5.74) is -0.320. The first-order chi connectivity index (χ1) is 7.92. The van der Waals surface area contributed by atoms with Crippen LogP contribution in [0, 0.1) is 17.8 Å². The van der Waals surface area contributed by atoms with Gasteiger partial charge in [0.05, 0.1) is 19.8 Å². The molecule has 2 aliphatic rings. The number of carbonyl (C=O) groups excluding carboxylic acids is 1. The van der Waals surface area contributed by atoms with Crippen molar-refractivity contribution >= 4 is 6.09 Å². The monoisotopic (exact) mass is 243 g/mol. The van der Waals surface area contributed by atoms with Crippen LogP contribution in [0.5, 0.6) is 0 Å². The first-order valence-corrected chi connectivity index (χ1v) is 6.10. The van der Waals surface area contributed by atoms with Gasteiger partial charge in [-0.3, -0.25) is 0 Å². The van der Waals surface area contributed by atoms with Crippen LogP contribution in [0.1, 0.15) is 20.8 Å². The maximum atomic E-state index is 11.6. The average Bonchev–Trinajstić information content (AvgIpc) is 2.67. The Hall–Kier alpha value is -0.810. The third-order valence-corrected chi connectivity index (χ3v) is 3.36. The molecule has 3 atom stereocenters. The molecule has 1 aliphatic heterocycles. The molecule has 1 heterocycles. The van der Waals surface area contributed by atoms with Gasteiger partial charge in [-0.1, -0.05) is 0 Å². The van der Waals surface area contributed by atoms with Gasteiger partial charge in [-0.25, -0.2) is 4.79 Å². The van der Waals surface area contributed by atoms with Crippen molar-refractivity contribution in [2.45, 2.75) is 32.4 Å². The molecule has 5 heteroatoms. The number of rotatable bonds is 3. The highest BCUT2D eigenvalue weighted by molar-refractivity contribution is 5.68. The van der Waals surface area contributed by atoms with E-state index in [1.54, 1.807) is 0 Å². The van der Waals surface area contributed by atoms with Crippen LogP contribution in [0.15, 0.2) is 0 Å². The molecule has 0 radical (unpaired) electrons. The smallest absolute Gasteiger partial charge is 0.407 e. The molecule has 0 aromatic rings. The Balaban J connectivity index is 1.82. The number of aliphatic hydroxyl groups is 1. The zero-order chi connectivity index (χ0) is 12.6. The summed E-state index contributed by atoms with van der Waals surface area (Å²) >= 11 is 0. The van der Waals surface area contributed by atoms with Crippen molar-refractivity contribution in [1.29, 1.82) is 0 Å². The number of hydrogen-bond acceptors (Lipinski definition) is 4. The summed E-state index contributed by atoms with van der Waals surface area (Å²) in [6.07, 6.45) is -0.848. The summed E-state index contributed by atoms with van der Waals surface area (Å²) in [7, 11) is 0. The number of carbonyl (C=O) groups is 1. The molecular formula is C12H21NO4. The number of hydrogen-bond donors (Lipinski definition) is 2. The molecule has 0 aromatic carbocycles. The minimum atomic E-state index is -0.456. The number of nitrogens with one attached hydrogen (secondary N) is 1. The van der Waals surface area contributed by atoms with Gasteiger partial charge in [0.2, 0.25) is 0 Å². The predicted molar refractivity (Wildman–Crippen MR) is 61.5 cm³/mol. The van der Waals surface area contributed by atoms with E-state index in [0.717, 1.165) is 13.2 Å². The van der Waals surface area contributed by atoms with Crippen LogP contribution >= 0.6 is 0 Å². The molecule has 1 saturated heterocycles. The Morgan fingerprint density at radius 2 is 2.06 bits per heavy atom. The van der Waals surface area contributed by atoms with E-state index in [2.05, 4.69) is 5.32 Å². The van der Waals surface area contributed by atoms with Crippen LogP contribution in [0.3, 0.4) is 0 Å². The summed E-state index contributed by atoms with van der Waals surface area (Å²) in [5.74, 6) is 1.21. The average molecular weight is 243 g/mol. The first-order valence-electron chi connectivity index (χ1n) is 6.10. The van der Waals surface area contributed by atoms with E-state index in [4.69, 9.17) is 9.47 Å². The first kappa shape index (κ1) is 12.6. The van der Waals surface area contributed by atoms with Gasteiger partial charge < -0.3 is 19.9 Å². The van der Waals surface area contributed by atoms with Crippen LogP contribution in [-0.4, -0.2) is 42.7 Å². The Kier molecular flexibility index (Phi) is 3.32. The Morgan fingerprint density at radius 1 is 1.47 bits per heavy atom. The zero-order valence-electron chi connectivity index (χ0n) is 10.6. The molecular weight excluding hydrogens is 222 g/mol. The molecule has 1 aliphatic carbocycles. The molecule has 0 spiro atoms. The fraction of sp³-hybridized carbons (Fsp3) is 0.917. The molecule has 1 saturated carbocycles. The fourth-order valence-electron chi connectivity index (χ4n) is 2.55. The fourth-order valence-corrected chi connectivity index (χ4v) is 2.55. The van der Waals surface area contributed by atoms with Crippen LogP contribution in [-0.2, 0) is 9.47 Å². The van der Waals surface area contributed by atoms with Crippen molar-refractivity contribution in [1.82, 2.24) is 5.32 Å². The van der Waals surface area contributed by atoms with Crippen molar-refractivity contribution in [3.63, 3.8) is 0 Å². The van der Waals surface area contributed by atoms with Crippen LogP contribution in [0.4, 0.5) is 4.79 Å². The molecule has 2 fully saturated rings. The van der Waals surface area contributed by atoms with Crippen molar-refractivity contribution < 1.29 is 19.4 Å². The van der Waals surface area contributed by atoms with Gasteiger partial charge >= 0.3 is 6.09 Å². The standard InChI is InChI=1S/C12H21NO4/c1-12(2,3)13-11(15)17-9(4-14)10-7-5-16-6-8(7)10/h7-10,14H,4-6H2,1-3H3,(H,13,15). The predicted octanol–water partition coefficient (Wildman–Crippen LogP) is 0.764. The minimum absolute atomic E-state index is 0.116. The lowest BCUT2D eigenvalue weighted by Crippen LogP contribution is -2.43. The molecule has 5 nitrogen and oxygen atoms in total. The van der Waals surface area contributed by atoms with Gasteiger partial charge in [0, 0.05) is 11.5 Å². The van der Waals surface area contributed by atoms with Gasteiger partial charge in [0.25, 0.3) is 0 Å². The topological polar surface area (TPSA) is 67.8 Å². The SMILES string of the molecule is CC(C)(C)NC(=O)OC(CO)C1C2COCC21. The van der Waals surface area contributed by atoms with E-state index < -0.39 is 12.2 Å². The number of amides is 1. The highest BCUT2D eigenvalue weighted by atomic mass is 16.6. The maximum absolute atomic E-state index is 11.6. The Bertz CT molecular complexity index is 289. The Morgan fingerprint density at radius 3 is 2.53 bits per heavy atom. The van der Waals surface area contributed by atoms with Crippen molar-refractivity contribution in [3.8, 4) is 0 Å². The molecule has 17 heavy (non-hydrogen) atoms. The van der Waals surface area contributed by atoms with Crippen LogP contribution in [0.25, 0.3) is 0 Å². The van der Waals surface area contributed by atoms with Crippen molar-refractivity contribution in [3.05, 3.63) is 0 Å². The zero-order valence-corrected chi connectivity index (χ0v) is 10.6. The van der Waals surface area contributed by atoms with Gasteiger partial charge in [-0.05, 0) is 32.6 Å². The lowest BCUT2D eigenvalue weighted by atomic mass is 10.1. The van der Waals surface area contributed by atoms with Crippen LogP contribution < -0.4 is 5.32 Å². The minimum Gasteiger partial charge on any atom is -0.443 e. The lowest BCUT2D eigenvalue weighted by Gasteiger charge is -2.23. The molecule has 0 bridgehead atoms. The number of aliphatic hydroxyl groups excluding tert-OH is 1. The van der Waals surface area contributed by atoms with Gasteiger partial charge in [-0.15, -0.1) is 0 Å². The third-order valence-electron chi connectivity index (χ3n) is 3.36. The van der Waals surface area contributed by atoms with E-state index in [-0.39, 0.29) is 18.1 Å². The van der Waals surface area contributed by atoms with E-state index >= 15 is 0 Å². The van der Waals surface area contributed by atoms with E-state index in [9.17, 15) is 9.90 Å². The lowest BCUT2D eigenvalue weighted by molar-refractivity contribution is 0.0220. The van der Waals surface area contributed by atoms with E-state index in [1.807, 2.05) is 20.8 Å². The van der Waals surface area contributed by atoms with Gasteiger partial charge in [-0.2, -0.15) is 0 Å². The molecule has 2 N–H and O–H groups in total. The summed E-state index contributed by atoms with van der Waals surface area (Å²) in [4.78, 5) is 11.6. The Labute approximate surface area is 101 Å².